The van der Waals surface area contributed by atoms with Crippen molar-refractivity contribution in [1.82, 2.24) is 9.55 Å². The first-order chi connectivity index (χ1) is 9.35. The smallest absolute Gasteiger partial charge is 0.111 e. The molecule has 0 saturated carbocycles. The Morgan fingerprint density at radius 2 is 2.00 bits per heavy atom. The van der Waals surface area contributed by atoms with Gasteiger partial charge in [-0.25, -0.2) is 4.98 Å². The van der Waals surface area contributed by atoms with E-state index in [0.717, 1.165) is 34.8 Å². The zero-order valence-corrected chi connectivity index (χ0v) is 14.1. The first-order valence-corrected chi connectivity index (χ1v) is 7.97. The van der Waals surface area contributed by atoms with Gasteiger partial charge in [-0.1, -0.05) is 39.3 Å². The van der Waals surface area contributed by atoms with Crippen LogP contribution in [0.25, 0.3) is 11.0 Å². The summed E-state index contributed by atoms with van der Waals surface area (Å²) in [6.07, 6.45) is 0.780. The Hall–Kier alpha value is -0.730. The normalized spacial score (nSPS) is 12.6. The number of imidazole rings is 1. The molecule has 0 bridgehead atoms. The van der Waals surface area contributed by atoms with Gasteiger partial charge < -0.3 is 4.57 Å². The zero-order chi connectivity index (χ0) is 14.9. The molecule has 0 atom stereocenters. The lowest BCUT2D eigenvalue weighted by atomic mass is 9.81. The van der Waals surface area contributed by atoms with Crippen molar-refractivity contribution in [3.63, 3.8) is 0 Å². The molecule has 1 aromatic heterocycles. The van der Waals surface area contributed by atoms with Crippen LogP contribution in [0, 0.1) is 11.3 Å². The standard InChI is InChI=1S/C16H22Cl2N2/c1-11(2)16(3,4)10-20-14-9-12(18)5-6-13(14)19-15(20)7-8-17/h5-6,9,11H,7-8,10H2,1-4H3. The molecule has 0 aliphatic heterocycles. The van der Waals surface area contributed by atoms with E-state index >= 15 is 0 Å². The van der Waals surface area contributed by atoms with E-state index in [9.17, 15) is 0 Å². The van der Waals surface area contributed by atoms with Crippen LogP contribution in [-0.4, -0.2) is 15.4 Å². The number of alkyl halides is 1. The van der Waals surface area contributed by atoms with E-state index in [-0.39, 0.29) is 5.41 Å². The molecule has 1 heterocycles. The van der Waals surface area contributed by atoms with Crippen LogP contribution in [-0.2, 0) is 13.0 Å². The number of nitrogens with zero attached hydrogens (tertiary/aromatic N) is 2. The van der Waals surface area contributed by atoms with Crippen LogP contribution in [0.2, 0.25) is 5.02 Å². The van der Waals surface area contributed by atoms with Crippen LogP contribution >= 0.6 is 23.2 Å². The van der Waals surface area contributed by atoms with Gasteiger partial charge in [0, 0.05) is 23.9 Å². The second-order valence-electron chi connectivity index (χ2n) is 6.33. The van der Waals surface area contributed by atoms with E-state index in [1.807, 2.05) is 18.2 Å². The average molecular weight is 313 g/mol. The minimum atomic E-state index is 0.191. The van der Waals surface area contributed by atoms with Gasteiger partial charge in [0.2, 0.25) is 0 Å². The number of fused-ring (bicyclic) bond motifs is 1. The molecular formula is C16H22Cl2N2. The Kier molecular flexibility index (Phi) is 4.66. The summed E-state index contributed by atoms with van der Waals surface area (Å²) in [6.45, 7) is 10.0. The highest BCUT2D eigenvalue weighted by Gasteiger charge is 2.25. The number of rotatable bonds is 5. The Morgan fingerprint density at radius 3 is 2.60 bits per heavy atom. The van der Waals surface area contributed by atoms with Crippen molar-refractivity contribution in [3.05, 3.63) is 29.0 Å². The third-order valence-corrected chi connectivity index (χ3v) is 4.66. The number of aromatic nitrogens is 2. The average Bonchev–Trinajstić information content (AvgIpc) is 2.67. The number of aryl methyl sites for hydroxylation is 1. The van der Waals surface area contributed by atoms with Crippen molar-refractivity contribution >= 4 is 34.2 Å². The molecule has 0 fully saturated rings. The van der Waals surface area contributed by atoms with Gasteiger partial charge in [-0.3, -0.25) is 0 Å². The molecule has 0 saturated heterocycles. The zero-order valence-electron chi connectivity index (χ0n) is 12.6. The summed E-state index contributed by atoms with van der Waals surface area (Å²) in [7, 11) is 0. The Labute approximate surface area is 131 Å². The molecule has 0 unspecified atom stereocenters. The fourth-order valence-corrected chi connectivity index (χ4v) is 2.52. The fraction of sp³-hybridized carbons (Fsp3) is 0.562. The number of hydrogen-bond acceptors (Lipinski definition) is 1. The van der Waals surface area contributed by atoms with Crippen LogP contribution in [0.1, 0.15) is 33.5 Å². The van der Waals surface area contributed by atoms with Crippen molar-refractivity contribution < 1.29 is 0 Å². The third kappa shape index (κ3) is 3.12. The molecule has 0 spiro atoms. The molecule has 1 aromatic carbocycles. The van der Waals surface area contributed by atoms with Crippen molar-refractivity contribution in [1.29, 1.82) is 0 Å². The molecule has 110 valence electrons. The molecule has 2 nitrogen and oxygen atoms in total. The maximum absolute atomic E-state index is 6.14. The van der Waals surface area contributed by atoms with Crippen LogP contribution in [0.15, 0.2) is 18.2 Å². The molecule has 0 aliphatic carbocycles. The van der Waals surface area contributed by atoms with E-state index in [2.05, 4.69) is 32.3 Å². The summed E-state index contributed by atoms with van der Waals surface area (Å²) in [6, 6.07) is 5.87. The predicted octanol–water partition coefficient (Wildman–Crippen LogP) is 5.15. The summed E-state index contributed by atoms with van der Waals surface area (Å²) in [5.74, 6) is 2.22. The largest absolute Gasteiger partial charge is 0.327 e. The second-order valence-corrected chi connectivity index (χ2v) is 7.14. The highest BCUT2D eigenvalue weighted by molar-refractivity contribution is 6.31. The van der Waals surface area contributed by atoms with Gasteiger partial charge in [0.25, 0.3) is 0 Å². The first kappa shape index (κ1) is 15.7. The number of benzene rings is 1. The van der Waals surface area contributed by atoms with Crippen LogP contribution < -0.4 is 0 Å². The summed E-state index contributed by atoms with van der Waals surface area (Å²) in [4.78, 5) is 4.71. The quantitative estimate of drug-likeness (QED) is 0.698. The van der Waals surface area contributed by atoms with Crippen molar-refractivity contribution in [3.8, 4) is 0 Å². The highest BCUT2D eigenvalue weighted by Crippen LogP contribution is 2.31. The minimum absolute atomic E-state index is 0.191. The van der Waals surface area contributed by atoms with Crippen molar-refractivity contribution in [2.45, 2.75) is 40.7 Å². The highest BCUT2D eigenvalue weighted by atomic mass is 35.5. The monoisotopic (exact) mass is 312 g/mol. The SMILES string of the molecule is CC(C)C(C)(C)Cn1c(CCCl)nc2ccc(Cl)cc21. The van der Waals surface area contributed by atoms with Crippen molar-refractivity contribution in [2.75, 3.05) is 5.88 Å². The van der Waals surface area contributed by atoms with Crippen LogP contribution in [0.3, 0.4) is 0 Å². The molecule has 4 heteroatoms. The Balaban J connectivity index is 2.53. The molecular weight excluding hydrogens is 291 g/mol. The maximum Gasteiger partial charge on any atom is 0.111 e. The van der Waals surface area contributed by atoms with E-state index in [0.29, 0.717) is 11.8 Å². The Bertz CT molecular complexity index is 600. The van der Waals surface area contributed by atoms with Gasteiger partial charge in [0.15, 0.2) is 0 Å². The lowest BCUT2D eigenvalue weighted by Crippen LogP contribution is -2.26. The summed E-state index contributed by atoms with van der Waals surface area (Å²) in [5, 5.41) is 0.749. The summed E-state index contributed by atoms with van der Waals surface area (Å²) >= 11 is 12.1. The molecule has 2 rings (SSSR count). The Morgan fingerprint density at radius 1 is 1.30 bits per heavy atom. The van der Waals surface area contributed by atoms with E-state index < -0.39 is 0 Å². The summed E-state index contributed by atoms with van der Waals surface area (Å²) < 4.78 is 2.28. The topological polar surface area (TPSA) is 17.8 Å². The van der Waals surface area contributed by atoms with Gasteiger partial charge in [-0.15, -0.1) is 11.6 Å². The third-order valence-electron chi connectivity index (χ3n) is 4.24. The molecule has 20 heavy (non-hydrogen) atoms. The minimum Gasteiger partial charge on any atom is -0.327 e. The lowest BCUT2D eigenvalue weighted by molar-refractivity contribution is 0.210. The van der Waals surface area contributed by atoms with E-state index in [1.165, 1.54) is 0 Å². The molecule has 0 aliphatic rings. The predicted molar refractivity (Wildman–Crippen MR) is 87.8 cm³/mol. The van der Waals surface area contributed by atoms with Crippen molar-refractivity contribution in [2.24, 2.45) is 11.3 Å². The van der Waals surface area contributed by atoms with Gasteiger partial charge in [0.1, 0.15) is 5.82 Å². The summed E-state index contributed by atoms with van der Waals surface area (Å²) in [5.41, 5.74) is 2.29. The first-order valence-electron chi connectivity index (χ1n) is 7.06. The van der Waals surface area contributed by atoms with Gasteiger partial charge in [-0.2, -0.15) is 0 Å². The van der Waals surface area contributed by atoms with E-state index in [1.54, 1.807) is 0 Å². The second kappa shape index (κ2) is 5.95. The molecule has 0 amide bonds. The fourth-order valence-electron chi connectivity index (χ4n) is 2.19. The molecule has 2 aromatic rings. The number of halogens is 2. The van der Waals surface area contributed by atoms with Crippen LogP contribution in [0.4, 0.5) is 0 Å². The van der Waals surface area contributed by atoms with E-state index in [4.69, 9.17) is 28.2 Å². The maximum atomic E-state index is 6.14. The lowest BCUT2D eigenvalue weighted by Gasteiger charge is -2.30. The van der Waals surface area contributed by atoms with Crippen LogP contribution in [0.5, 0.6) is 0 Å². The number of hydrogen-bond donors (Lipinski definition) is 0. The molecule has 0 N–H and O–H groups in total. The molecule has 0 radical (unpaired) electrons. The van der Waals surface area contributed by atoms with Gasteiger partial charge >= 0.3 is 0 Å². The van der Waals surface area contributed by atoms with Gasteiger partial charge in [0.05, 0.1) is 11.0 Å². The van der Waals surface area contributed by atoms with Gasteiger partial charge in [-0.05, 0) is 29.5 Å².